The molecule has 1 aromatic carbocycles. The Morgan fingerprint density at radius 3 is 2.86 bits per heavy atom. The van der Waals surface area contributed by atoms with Gasteiger partial charge in [0.2, 0.25) is 0 Å². The van der Waals surface area contributed by atoms with Gasteiger partial charge in [0.05, 0.1) is 11.3 Å². The molecular weight excluding hydrogens is 346 g/mol. The fourth-order valence-electron chi connectivity index (χ4n) is 2.29. The van der Waals surface area contributed by atoms with Crippen LogP contribution < -0.4 is 0 Å². The van der Waals surface area contributed by atoms with Crippen molar-refractivity contribution in [3.05, 3.63) is 52.1 Å². The Bertz CT molecular complexity index is 843. The number of aliphatic hydroxyl groups is 1. The van der Waals surface area contributed by atoms with Crippen molar-refractivity contribution in [2.24, 2.45) is 4.99 Å². The summed E-state index contributed by atoms with van der Waals surface area (Å²) < 4.78 is 0.693. The van der Waals surface area contributed by atoms with Crippen LogP contribution in [0.5, 0.6) is 5.88 Å². The quantitative estimate of drug-likeness (QED) is 0.493. The van der Waals surface area contributed by atoms with Gasteiger partial charge in [-0.25, -0.2) is 4.98 Å². The van der Waals surface area contributed by atoms with Gasteiger partial charge in [-0.05, 0) is 46.1 Å². The lowest BCUT2D eigenvalue weighted by atomic mass is 10.1. The largest absolute Gasteiger partial charge is 0.494 e. The van der Waals surface area contributed by atoms with E-state index < -0.39 is 0 Å². The number of aliphatic imine (C=N–C) groups is 1. The molecule has 3 aromatic rings. The van der Waals surface area contributed by atoms with Crippen molar-refractivity contribution in [2.75, 3.05) is 6.61 Å². The molecule has 0 fully saturated rings. The number of halogens is 1. The number of H-pyrrole nitrogens is 1. The molecule has 22 heavy (non-hydrogen) atoms. The van der Waals surface area contributed by atoms with Crippen LogP contribution in [0.1, 0.15) is 11.1 Å². The number of aliphatic hydroxyl groups excluding tert-OH is 1. The van der Waals surface area contributed by atoms with Gasteiger partial charge < -0.3 is 15.2 Å². The summed E-state index contributed by atoms with van der Waals surface area (Å²) in [6.45, 7) is 0.0722. The fraction of sp³-hybridized carbons (Fsp3) is 0.125. The highest BCUT2D eigenvalue weighted by Gasteiger charge is 2.10. The fourth-order valence-corrected chi connectivity index (χ4v) is 2.60. The minimum absolute atomic E-state index is 0.0315. The first kappa shape index (κ1) is 14.7. The summed E-state index contributed by atoms with van der Waals surface area (Å²) in [5, 5.41) is 19.9. The average molecular weight is 360 g/mol. The number of benzene rings is 1. The molecule has 0 bridgehead atoms. The van der Waals surface area contributed by atoms with Gasteiger partial charge in [0, 0.05) is 18.2 Å². The molecule has 0 unspecified atom stereocenters. The third-order valence-electron chi connectivity index (χ3n) is 3.35. The Labute approximate surface area is 135 Å². The average Bonchev–Trinajstić information content (AvgIpc) is 2.81. The van der Waals surface area contributed by atoms with Gasteiger partial charge in [-0.1, -0.05) is 18.2 Å². The Kier molecular flexibility index (Phi) is 4.22. The summed E-state index contributed by atoms with van der Waals surface area (Å²) >= 11 is 3.30. The number of rotatable bonds is 4. The molecule has 2 aromatic heterocycles. The zero-order chi connectivity index (χ0) is 15.5. The molecule has 5 nitrogen and oxygen atoms in total. The van der Waals surface area contributed by atoms with Crippen molar-refractivity contribution >= 4 is 38.9 Å². The molecule has 2 heterocycles. The highest BCUT2D eigenvalue weighted by Crippen LogP contribution is 2.27. The van der Waals surface area contributed by atoms with Gasteiger partial charge in [-0.15, -0.1) is 0 Å². The van der Waals surface area contributed by atoms with Crippen molar-refractivity contribution in [1.29, 1.82) is 0 Å². The van der Waals surface area contributed by atoms with Gasteiger partial charge in [-0.2, -0.15) is 0 Å². The van der Waals surface area contributed by atoms with Gasteiger partial charge in [0.1, 0.15) is 10.3 Å². The minimum atomic E-state index is 0.0315. The molecule has 0 atom stereocenters. The van der Waals surface area contributed by atoms with E-state index in [1.54, 1.807) is 6.21 Å². The number of fused-ring (bicyclic) bond motifs is 1. The van der Waals surface area contributed by atoms with Crippen LogP contribution in [0.15, 0.2) is 46.0 Å². The minimum Gasteiger partial charge on any atom is -0.494 e. The van der Waals surface area contributed by atoms with Crippen LogP contribution in [-0.2, 0) is 6.42 Å². The number of hydrogen-bond donors (Lipinski definition) is 3. The Balaban J connectivity index is 2.01. The van der Waals surface area contributed by atoms with E-state index in [9.17, 15) is 5.11 Å². The maximum absolute atomic E-state index is 10.0. The summed E-state index contributed by atoms with van der Waals surface area (Å²) in [5.74, 6) is 0.0315. The second-order valence-electron chi connectivity index (χ2n) is 4.78. The number of aromatic hydroxyl groups is 1. The molecule has 3 N–H and O–H groups in total. The number of nitrogens with one attached hydrogen (secondary N) is 1. The topological polar surface area (TPSA) is 81.5 Å². The molecule has 0 radical (unpaired) electrons. The maximum atomic E-state index is 10.0. The van der Waals surface area contributed by atoms with Crippen molar-refractivity contribution in [3.8, 4) is 5.88 Å². The van der Waals surface area contributed by atoms with E-state index in [4.69, 9.17) is 5.11 Å². The predicted molar refractivity (Wildman–Crippen MR) is 89.9 cm³/mol. The molecule has 0 amide bonds. The second-order valence-corrected chi connectivity index (χ2v) is 5.59. The second kappa shape index (κ2) is 6.29. The molecule has 0 aliphatic carbocycles. The predicted octanol–water partition coefficient (Wildman–Crippen LogP) is 3.32. The van der Waals surface area contributed by atoms with Crippen molar-refractivity contribution in [1.82, 2.24) is 9.97 Å². The van der Waals surface area contributed by atoms with E-state index >= 15 is 0 Å². The summed E-state index contributed by atoms with van der Waals surface area (Å²) in [6, 6.07) is 11.3. The Morgan fingerprint density at radius 2 is 2.05 bits per heavy atom. The number of pyridine rings is 1. The standard InChI is InChI=1S/C16H14BrN3O2/c17-14-6-5-11-12(16(22)20-15(11)19-14)9-18-13-4-2-1-3-10(13)7-8-21/h1-6,9,21-22H,7-8H2,(H,19,20). The van der Waals surface area contributed by atoms with E-state index in [0.717, 1.165) is 16.6 Å². The number of aromatic amines is 1. The lowest BCUT2D eigenvalue weighted by Crippen LogP contribution is -1.91. The van der Waals surface area contributed by atoms with Gasteiger partial charge in [-0.3, -0.25) is 4.99 Å². The number of nitrogens with zero attached hydrogens (tertiary/aromatic N) is 2. The first-order valence-electron chi connectivity index (χ1n) is 6.79. The van der Waals surface area contributed by atoms with Crippen molar-refractivity contribution < 1.29 is 10.2 Å². The summed E-state index contributed by atoms with van der Waals surface area (Å²) in [6.07, 6.45) is 2.15. The molecule has 0 aliphatic rings. The first-order valence-corrected chi connectivity index (χ1v) is 7.58. The third-order valence-corrected chi connectivity index (χ3v) is 3.79. The van der Waals surface area contributed by atoms with Crippen LogP contribution in [0, 0.1) is 0 Å². The van der Waals surface area contributed by atoms with Crippen LogP contribution in [-0.4, -0.2) is 33.0 Å². The molecule has 3 rings (SSSR count). The molecule has 0 spiro atoms. The van der Waals surface area contributed by atoms with Crippen LogP contribution in [0.2, 0.25) is 0 Å². The van der Waals surface area contributed by atoms with Crippen molar-refractivity contribution in [2.45, 2.75) is 6.42 Å². The zero-order valence-electron chi connectivity index (χ0n) is 11.6. The molecule has 6 heteroatoms. The molecule has 0 aliphatic heterocycles. The molecule has 0 saturated heterocycles. The van der Waals surface area contributed by atoms with E-state index in [0.29, 0.717) is 22.2 Å². The number of aromatic nitrogens is 2. The van der Waals surface area contributed by atoms with E-state index in [-0.39, 0.29) is 12.5 Å². The smallest absolute Gasteiger partial charge is 0.199 e. The van der Waals surface area contributed by atoms with Crippen LogP contribution in [0.4, 0.5) is 5.69 Å². The maximum Gasteiger partial charge on any atom is 0.199 e. The van der Waals surface area contributed by atoms with Gasteiger partial charge in [0.25, 0.3) is 0 Å². The van der Waals surface area contributed by atoms with Crippen LogP contribution in [0.25, 0.3) is 11.0 Å². The normalized spacial score (nSPS) is 11.5. The zero-order valence-corrected chi connectivity index (χ0v) is 13.2. The van der Waals surface area contributed by atoms with Gasteiger partial charge in [0.15, 0.2) is 5.88 Å². The van der Waals surface area contributed by atoms with Crippen LogP contribution in [0.3, 0.4) is 0 Å². The lowest BCUT2D eigenvalue weighted by molar-refractivity contribution is 0.300. The summed E-state index contributed by atoms with van der Waals surface area (Å²) in [7, 11) is 0. The highest BCUT2D eigenvalue weighted by molar-refractivity contribution is 9.10. The first-order chi connectivity index (χ1) is 10.7. The third kappa shape index (κ3) is 2.88. The SMILES string of the molecule is OCCc1ccccc1N=Cc1c(O)[nH]c2nc(Br)ccc12. The number of para-hydroxylation sites is 1. The lowest BCUT2D eigenvalue weighted by Gasteiger charge is -2.02. The van der Waals surface area contributed by atoms with E-state index in [1.165, 1.54) is 0 Å². The van der Waals surface area contributed by atoms with Crippen molar-refractivity contribution in [3.63, 3.8) is 0 Å². The summed E-state index contributed by atoms with van der Waals surface area (Å²) in [5.41, 5.74) is 2.92. The Morgan fingerprint density at radius 1 is 1.23 bits per heavy atom. The Hall–Kier alpha value is -2.18. The van der Waals surface area contributed by atoms with Crippen LogP contribution >= 0.6 is 15.9 Å². The molecular formula is C16H14BrN3O2. The molecule has 112 valence electrons. The highest BCUT2D eigenvalue weighted by atomic mass is 79.9. The van der Waals surface area contributed by atoms with Gasteiger partial charge >= 0.3 is 0 Å². The summed E-state index contributed by atoms with van der Waals surface area (Å²) in [4.78, 5) is 11.5. The van der Waals surface area contributed by atoms with E-state index in [2.05, 4.69) is 30.9 Å². The number of hydrogen-bond acceptors (Lipinski definition) is 4. The monoisotopic (exact) mass is 359 g/mol. The van der Waals surface area contributed by atoms with E-state index in [1.807, 2.05) is 36.4 Å². The molecule has 0 saturated carbocycles.